The van der Waals surface area contributed by atoms with Gasteiger partial charge in [0.25, 0.3) is 0 Å². The first kappa shape index (κ1) is 106. The Bertz CT molecular complexity index is 6440. The number of pyridine rings is 7. The molecule has 21 aromatic rings. The molecular weight excluding hydrogens is 2580 g/mol. The number of para-hydroxylation sites is 6. The molecule has 0 atom stereocenters. The number of hydrogen-bond donors (Lipinski definition) is 5. The number of carboxylic acids is 3. The van der Waals surface area contributed by atoms with Crippen molar-refractivity contribution in [1.29, 1.82) is 0 Å². The maximum absolute atomic E-state index is 10.6. The predicted octanol–water partition coefficient (Wildman–Crippen LogP) is 22.6. The molecule has 0 fully saturated rings. The number of aromatic nitrogens is 11. The maximum Gasteiger partial charge on any atom is 0.512 e. The minimum atomic E-state index is -1.35. The van der Waals surface area contributed by atoms with Gasteiger partial charge in [-0.2, -0.15) is 0 Å². The third kappa shape index (κ3) is 33.4. The van der Waals surface area contributed by atoms with Gasteiger partial charge >= 0.3 is 30.0 Å². The van der Waals surface area contributed by atoms with E-state index < -0.39 is 24.1 Å². The Morgan fingerprint density at radius 2 is 0.812 bits per heavy atom. The van der Waals surface area contributed by atoms with Gasteiger partial charge in [0, 0.05) is 167 Å². The number of hydrogen-bond acceptors (Lipinski definition) is 18. The quantitative estimate of drug-likeness (QED) is 0.0593. The smallest absolute Gasteiger partial charge is 0.481 e. The van der Waals surface area contributed by atoms with Crippen molar-refractivity contribution in [2.24, 2.45) is 7.05 Å². The third-order valence-electron chi connectivity index (χ3n) is 18.0. The second-order valence-corrected chi connectivity index (χ2v) is 27.8. The summed E-state index contributed by atoms with van der Waals surface area (Å²) in [7, 11) is 2.03. The second kappa shape index (κ2) is 57.2. The zero-order valence-electron chi connectivity index (χ0n) is 70.2. The second-order valence-electron chi connectivity index (χ2n) is 26.7. The van der Waals surface area contributed by atoms with Crippen molar-refractivity contribution in [3.8, 4) is 62.3 Å². The minimum absolute atomic E-state index is 0. The molecule has 22 nitrogen and oxygen atoms in total. The van der Waals surface area contributed by atoms with Crippen LogP contribution in [0.5, 0.6) is 5.88 Å². The van der Waals surface area contributed by atoms with Crippen LogP contribution in [-0.2, 0) is 125 Å². The first-order chi connectivity index (χ1) is 62.7. The number of rotatable bonds is 11. The van der Waals surface area contributed by atoms with Gasteiger partial charge in [0.1, 0.15) is 5.52 Å². The number of benzene rings is 11. The van der Waals surface area contributed by atoms with Gasteiger partial charge in [0.2, 0.25) is 10.9 Å². The van der Waals surface area contributed by atoms with E-state index in [0.717, 1.165) is 110 Å². The van der Waals surface area contributed by atoms with Gasteiger partial charge in [-0.3, -0.25) is 19.7 Å². The number of ether oxygens (including phenoxy) is 1. The maximum atomic E-state index is 10.6. The zero-order chi connectivity index (χ0) is 89.3. The number of carboxylic acid groups (broad SMARTS) is 4. The number of imidazole rings is 1. The van der Waals surface area contributed by atoms with E-state index in [0.29, 0.717) is 22.5 Å². The summed E-state index contributed by atoms with van der Waals surface area (Å²) in [5.41, 5.74) is 15.3. The molecule has 0 amide bonds. The van der Waals surface area contributed by atoms with Gasteiger partial charge in [0.15, 0.2) is 5.58 Å². The average Bonchev–Trinajstić information content (AvgIpc) is 1.48. The van der Waals surface area contributed by atoms with E-state index in [-0.39, 0.29) is 130 Å². The number of aliphatic hydroxyl groups excluding tert-OH is 1. The number of aryl methyl sites for hydroxylation is 1. The van der Waals surface area contributed by atoms with E-state index in [1.54, 1.807) is 73.6 Å². The summed E-state index contributed by atoms with van der Waals surface area (Å²) in [6, 6.07) is 131. The Kier molecular flexibility index (Phi) is 45.6. The van der Waals surface area contributed by atoms with E-state index in [1.165, 1.54) is 11.3 Å². The van der Waals surface area contributed by atoms with Crippen molar-refractivity contribution in [3.05, 3.63) is 454 Å². The van der Waals surface area contributed by atoms with E-state index >= 15 is 0 Å². The van der Waals surface area contributed by atoms with Crippen LogP contribution >= 0.6 is 11.3 Å². The number of aliphatic hydroxyl groups is 1. The third-order valence-corrected chi connectivity index (χ3v) is 19.0. The molecule has 5 N–H and O–H groups in total. The topological polar surface area (TPSA) is 326 Å². The van der Waals surface area contributed by atoms with E-state index in [2.05, 4.69) is 95.5 Å². The van der Waals surface area contributed by atoms with Crippen LogP contribution in [0.25, 0.3) is 121 Å². The first-order valence-electron chi connectivity index (χ1n) is 39.5. The number of fused-ring (bicyclic) bond motifs is 6. The molecule has 28 heteroatoms. The molecule has 133 heavy (non-hydrogen) atoms. The molecule has 10 aromatic heterocycles. The predicted molar refractivity (Wildman–Crippen MR) is 498 cm³/mol. The average molecular weight is 2660 g/mol. The molecule has 0 aliphatic carbocycles. The number of aliphatic carboxylic acids is 1. The molecule has 11 aromatic carbocycles. The fraction of sp³-hybridized carbons (Fsp3) is 0.0286. The van der Waals surface area contributed by atoms with Crippen LogP contribution in [0.4, 0.5) is 4.79 Å². The van der Waals surface area contributed by atoms with Gasteiger partial charge in [-0.25, -0.2) is 29.3 Å². The van der Waals surface area contributed by atoms with Gasteiger partial charge in [0.05, 0.1) is 57.0 Å². The number of carbonyl (C=O) groups is 4. The Morgan fingerprint density at radius 3 is 1.26 bits per heavy atom. The standard InChI is InChI=1S/C14H11N2.C11H9NO2.4C11H8N.C10H7NO3.C10H9NO.C8H5NO3.C8H5NO2S.5Ir/c1-16-13-10-6-5-9-12(13)15-14(16)11-7-3-2-4-8-11;13-11(14)7-10-9-4-2-1-3-8(9)5-6-12-10;4*1-2-6-10(7-3-1)11-8-4-5-9-12-11;12-10(13)14-9-5-7-3-1-2-4-8(7)6-11-9;12-7-9-6-5-8-3-1-2-4-10(8)11-9;2*10-8(11)7-9-5-3-1-2-4-6(5)12-7;;;;;/h2-7,9-10H,1H3;1-6H,7H2,(H,13,14);4*1-6,8-9H;1-6H,(H,12,13);1-6,12H,7H2;2*1-4H,(H,10,11);;;;;/q-1;;4*-1;;;;;;;;;. The van der Waals surface area contributed by atoms with Crippen LogP contribution in [-0.4, -0.2) is 104 Å². The van der Waals surface area contributed by atoms with Gasteiger partial charge in [-0.1, -0.05) is 158 Å². The molecule has 0 saturated carbocycles. The zero-order valence-corrected chi connectivity index (χ0v) is 83.0. The molecular formula is C105H78Ir5N11O11S-5. The Hall–Kier alpha value is -14.0. The SMILES string of the molecule is Cn1c(-c2[c-]cccc2)nc2ccccc21.O=C(O)Cc1nccc2ccccc12.O=C(O)Oc1cc2ccccc2cn1.O=C(O)c1nc2ccccc2o1.O=C(O)c1nc2ccccc2s1.OCc1ccc2ccccc2n1.[Ir].[Ir].[Ir].[Ir].[Ir].[c-]1ccccc1-c1ccccn1.[c-]1ccccc1-c1ccccn1.[c-]1ccccc1-c1ccccn1.[c-]1ccccc1-c1ccccn1. The van der Waals surface area contributed by atoms with Gasteiger partial charge in [-0.05, 0) is 112 Å². The van der Waals surface area contributed by atoms with E-state index in [1.807, 2.05) is 329 Å². The molecule has 0 unspecified atom stereocenters. The van der Waals surface area contributed by atoms with Crippen molar-refractivity contribution < 1.29 is 154 Å². The van der Waals surface area contributed by atoms with Gasteiger partial charge in [-0.15, -0.1) is 191 Å². The monoisotopic (exact) mass is 2670 g/mol. The van der Waals surface area contributed by atoms with Crippen LogP contribution in [0.15, 0.2) is 406 Å². The molecule has 5 radical (unpaired) electrons. The summed E-state index contributed by atoms with van der Waals surface area (Å²) in [5.74, 6) is -2.18. The summed E-state index contributed by atoms with van der Waals surface area (Å²) in [6.45, 7) is 0.00480. The Labute approximate surface area is 837 Å². The molecule has 10 heterocycles. The summed E-state index contributed by atoms with van der Waals surface area (Å²) in [6.07, 6.45) is 8.99. The van der Waals surface area contributed by atoms with Crippen LogP contribution in [0.3, 0.4) is 0 Å². The number of nitrogens with zero attached hydrogens (tertiary/aromatic N) is 11. The molecule has 675 valence electrons. The van der Waals surface area contributed by atoms with Crippen molar-refractivity contribution in [2.75, 3.05) is 0 Å². The number of oxazole rings is 1. The van der Waals surface area contributed by atoms with Crippen molar-refractivity contribution >= 4 is 100 Å². The summed E-state index contributed by atoms with van der Waals surface area (Å²) in [5, 5.41) is 48.1. The number of thiazole rings is 1. The molecule has 0 saturated heterocycles. The summed E-state index contributed by atoms with van der Waals surface area (Å²) < 4.78 is 12.4. The van der Waals surface area contributed by atoms with Crippen LogP contribution in [0.1, 0.15) is 31.9 Å². The van der Waals surface area contributed by atoms with Gasteiger partial charge < -0.3 is 59.2 Å². The summed E-state index contributed by atoms with van der Waals surface area (Å²) >= 11 is 1.19. The van der Waals surface area contributed by atoms with Crippen molar-refractivity contribution in [3.63, 3.8) is 0 Å². The van der Waals surface area contributed by atoms with E-state index in [4.69, 9.17) is 29.9 Å². The molecule has 0 bridgehead atoms. The van der Waals surface area contributed by atoms with Crippen molar-refractivity contribution in [2.45, 2.75) is 13.0 Å². The Morgan fingerprint density at radius 1 is 0.376 bits per heavy atom. The fourth-order valence-electron chi connectivity index (χ4n) is 12.0. The first-order valence-corrected chi connectivity index (χ1v) is 40.4. The van der Waals surface area contributed by atoms with Crippen molar-refractivity contribution in [1.82, 2.24) is 54.4 Å². The number of aromatic carboxylic acids is 2. The van der Waals surface area contributed by atoms with E-state index in [9.17, 15) is 19.2 Å². The molecule has 0 aliphatic heterocycles. The largest absolute Gasteiger partial charge is 0.512 e. The van der Waals surface area contributed by atoms with Crippen LogP contribution in [0, 0.1) is 30.3 Å². The molecule has 21 rings (SSSR count). The summed E-state index contributed by atoms with van der Waals surface area (Å²) in [4.78, 5) is 83.1. The Balaban J connectivity index is 0.000000201. The molecule has 0 spiro atoms. The van der Waals surface area contributed by atoms with Crippen LogP contribution < -0.4 is 4.74 Å². The normalized spacial score (nSPS) is 9.73. The fourth-order valence-corrected chi connectivity index (χ4v) is 12.8. The van der Waals surface area contributed by atoms with Crippen LogP contribution in [0.2, 0.25) is 0 Å². The minimum Gasteiger partial charge on any atom is -0.481 e. The molecule has 0 aliphatic rings.